The molecule has 1 aromatic heterocycles. The minimum Gasteiger partial charge on any atom is -0.359 e. The zero-order valence-corrected chi connectivity index (χ0v) is 12.1. The summed E-state index contributed by atoms with van der Waals surface area (Å²) in [6, 6.07) is 8.95. The molecule has 4 rings (SSSR count). The average molecular weight is 268 g/mol. The number of nitrogens with zero attached hydrogens (tertiary/aromatic N) is 2. The second-order valence-electron chi connectivity index (χ2n) is 6.17. The molecule has 0 bridgehead atoms. The SMILES string of the molecule is Cc1ccccc1N1C(C)c2oncc2C12CCCC2. The van der Waals surface area contributed by atoms with Crippen LogP contribution in [0, 0.1) is 6.92 Å². The first-order valence-corrected chi connectivity index (χ1v) is 7.54. The van der Waals surface area contributed by atoms with Gasteiger partial charge >= 0.3 is 0 Å². The Morgan fingerprint density at radius 1 is 1.25 bits per heavy atom. The Bertz CT molecular complexity index is 640. The molecule has 1 saturated carbocycles. The van der Waals surface area contributed by atoms with Gasteiger partial charge in [0.15, 0.2) is 5.76 Å². The molecule has 1 aromatic carbocycles. The molecule has 20 heavy (non-hydrogen) atoms. The molecule has 0 amide bonds. The van der Waals surface area contributed by atoms with E-state index in [4.69, 9.17) is 4.52 Å². The second kappa shape index (κ2) is 4.11. The Kier molecular flexibility index (Phi) is 2.47. The number of anilines is 1. The van der Waals surface area contributed by atoms with Crippen LogP contribution in [0.15, 0.2) is 35.0 Å². The number of rotatable bonds is 1. The molecule has 0 radical (unpaired) electrons. The van der Waals surface area contributed by atoms with Crippen molar-refractivity contribution < 1.29 is 4.52 Å². The molecule has 1 atom stereocenters. The highest BCUT2D eigenvalue weighted by Crippen LogP contribution is 2.56. The lowest BCUT2D eigenvalue weighted by atomic mass is 9.90. The Morgan fingerprint density at radius 3 is 2.75 bits per heavy atom. The Balaban J connectivity index is 1.91. The second-order valence-corrected chi connectivity index (χ2v) is 6.17. The molecule has 3 nitrogen and oxygen atoms in total. The van der Waals surface area contributed by atoms with Gasteiger partial charge in [0.25, 0.3) is 0 Å². The molecule has 1 aliphatic carbocycles. The minimum atomic E-state index is 0.112. The third-order valence-corrected chi connectivity index (χ3v) is 5.13. The number of aryl methyl sites for hydroxylation is 1. The van der Waals surface area contributed by atoms with E-state index in [2.05, 4.69) is 48.2 Å². The lowest BCUT2D eigenvalue weighted by Gasteiger charge is -2.40. The summed E-state index contributed by atoms with van der Waals surface area (Å²) in [4.78, 5) is 2.59. The van der Waals surface area contributed by atoms with E-state index in [1.54, 1.807) is 0 Å². The standard InChI is InChI=1S/C17H20N2O/c1-12-7-3-4-8-15(12)19-13(2)16-14(11-18-20-16)17(19)9-5-6-10-17/h3-4,7-8,11,13H,5-6,9-10H2,1-2H3. The number of para-hydroxylation sites is 1. The van der Waals surface area contributed by atoms with Gasteiger partial charge in [0, 0.05) is 11.3 Å². The van der Waals surface area contributed by atoms with Crippen molar-refractivity contribution in [1.82, 2.24) is 5.16 Å². The molecular weight excluding hydrogens is 248 g/mol. The monoisotopic (exact) mass is 268 g/mol. The van der Waals surface area contributed by atoms with E-state index < -0.39 is 0 Å². The zero-order valence-electron chi connectivity index (χ0n) is 12.1. The number of fused-ring (bicyclic) bond motifs is 2. The molecular formula is C17H20N2O. The van der Waals surface area contributed by atoms with Crippen LogP contribution >= 0.6 is 0 Å². The highest BCUT2D eigenvalue weighted by molar-refractivity contribution is 5.62. The van der Waals surface area contributed by atoms with E-state index >= 15 is 0 Å². The zero-order chi connectivity index (χ0) is 13.7. The fourth-order valence-electron chi connectivity index (χ4n) is 4.26. The third-order valence-electron chi connectivity index (χ3n) is 5.13. The highest BCUT2D eigenvalue weighted by Gasteiger charge is 2.53. The summed E-state index contributed by atoms with van der Waals surface area (Å²) in [5.41, 5.74) is 4.11. The van der Waals surface area contributed by atoms with E-state index in [1.807, 2.05) is 6.20 Å². The number of hydrogen-bond acceptors (Lipinski definition) is 3. The number of aromatic nitrogens is 1. The van der Waals surface area contributed by atoms with Gasteiger partial charge in [-0.2, -0.15) is 0 Å². The van der Waals surface area contributed by atoms with Crippen LogP contribution in [-0.2, 0) is 5.54 Å². The third kappa shape index (κ3) is 1.38. The normalized spacial score (nSPS) is 23.5. The molecule has 2 heterocycles. The molecule has 104 valence electrons. The van der Waals surface area contributed by atoms with E-state index in [0.717, 1.165) is 5.76 Å². The van der Waals surface area contributed by atoms with Crippen molar-refractivity contribution in [2.24, 2.45) is 0 Å². The van der Waals surface area contributed by atoms with Gasteiger partial charge in [-0.05, 0) is 38.3 Å². The van der Waals surface area contributed by atoms with Crippen LogP contribution in [-0.4, -0.2) is 5.16 Å². The maximum atomic E-state index is 5.57. The molecule has 1 spiro atoms. The fraction of sp³-hybridized carbons (Fsp3) is 0.471. The van der Waals surface area contributed by atoms with E-state index in [9.17, 15) is 0 Å². The van der Waals surface area contributed by atoms with Crippen molar-refractivity contribution in [3.63, 3.8) is 0 Å². The molecule has 3 heteroatoms. The van der Waals surface area contributed by atoms with Crippen LogP contribution in [0.5, 0.6) is 0 Å². The molecule has 2 aliphatic rings. The van der Waals surface area contributed by atoms with Crippen molar-refractivity contribution in [2.75, 3.05) is 4.90 Å². The van der Waals surface area contributed by atoms with Gasteiger partial charge in [0.1, 0.15) is 0 Å². The first-order valence-electron chi connectivity index (χ1n) is 7.54. The Morgan fingerprint density at radius 2 is 2.00 bits per heavy atom. The molecule has 1 aliphatic heterocycles. The van der Waals surface area contributed by atoms with Crippen molar-refractivity contribution in [2.45, 2.75) is 51.1 Å². The lowest BCUT2D eigenvalue weighted by molar-refractivity contribution is 0.353. The first kappa shape index (κ1) is 12.0. The highest BCUT2D eigenvalue weighted by atomic mass is 16.5. The summed E-state index contributed by atoms with van der Waals surface area (Å²) in [6.07, 6.45) is 6.95. The topological polar surface area (TPSA) is 29.3 Å². The lowest BCUT2D eigenvalue weighted by Crippen LogP contribution is -2.40. The quantitative estimate of drug-likeness (QED) is 0.770. The summed E-state index contributed by atoms with van der Waals surface area (Å²) in [6.45, 7) is 4.44. The van der Waals surface area contributed by atoms with Gasteiger partial charge in [-0.25, -0.2) is 0 Å². The van der Waals surface area contributed by atoms with E-state index in [0.29, 0.717) is 0 Å². The van der Waals surface area contributed by atoms with Crippen molar-refractivity contribution in [3.8, 4) is 0 Å². The van der Waals surface area contributed by atoms with Crippen molar-refractivity contribution >= 4 is 5.69 Å². The summed E-state index contributed by atoms with van der Waals surface area (Å²) < 4.78 is 5.57. The summed E-state index contributed by atoms with van der Waals surface area (Å²) >= 11 is 0. The number of hydrogen-bond donors (Lipinski definition) is 0. The van der Waals surface area contributed by atoms with Gasteiger partial charge in [-0.3, -0.25) is 0 Å². The van der Waals surface area contributed by atoms with Gasteiger partial charge in [0.2, 0.25) is 0 Å². The van der Waals surface area contributed by atoms with E-state index in [-0.39, 0.29) is 11.6 Å². The Hall–Kier alpha value is -1.77. The first-order chi connectivity index (χ1) is 9.74. The summed E-state index contributed by atoms with van der Waals surface area (Å²) in [7, 11) is 0. The van der Waals surface area contributed by atoms with Crippen LogP contribution in [0.25, 0.3) is 0 Å². The van der Waals surface area contributed by atoms with Crippen LogP contribution < -0.4 is 4.90 Å². The Labute approximate surface area is 119 Å². The van der Waals surface area contributed by atoms with Crippen LogP contribution in [0.2, 0.25) is 0 Å². The molecule has 0 saturated heterocycles. The summed E-state index contributed by atoms with van der Waals surface area (Å²) in [5.74, 6) is 1.06. The van der Waals surface area contributed by atoms with Crippen molar-refractivity contribution in [1.29, 1.82) is 0 Å². The van der Waals surface area contributed by atoms with Gasteiger partial charge in [0.05, 0.1) is 17.8 Å². The predicted molar refractivity (Wildman–Crippen MR) is 78.7 cm³/mol. The van der Waals surface area contributed by atoms with Crippen LogP contribution in [0.4, 0.5) is 5.69 Å². The predicted octanol–water partition coefficient (Wildman–Crippen LogP) is 4.33. The van der Waals surface area contributed by atoms with Gasteiger partial charge in [-0.1, -0.05) is 36.2 Å². The summed E-state index contributed by atoms with van der Waals surface area (Å²) in [5, 5.41) is 4.06. The van der Waals surface area contributed by atoms with Crippen molar-refractivity contribution in [3.05, 3.63) is 47.3 Å². The maximum Gasteiger partial charge on any atom is 0.164 e. The van der Waals surface area contributed by atoms with Gasteiger partial charge < -0.3 is 9.42 Å². The molecule has 1 unspecified atom stereocenters. The van der Waals surface area contributed by atoms with Crippen LogP contribution in [0.1, 0.15) is 55.5 Å². The molecule has 0 N–H and O–H groups in total. The minimum absolute atomic E-state index is 0.112. The van der Waals surface area contributed by atoms with Crippen LogP contribution in [0.3, 0.4) is 0 Å². The average Bonchev–Trinajstić information content (AvgIpc) is 3.12. The van der Waals surface area contributed by atoms with Gasteiger partial charge in [-0.15, -0.1) is 0 Å². The maximum absolute atomic E-state index is 5.57. The molecule has 2 aromatic rings. The van der Waals surface area contributed by atoms with E-state index in [1.165, 1.54) is 42.5 Å². The number of benzene rings is 1. The smallest absolute Gasteiger partial charge is 0.164 e. The molecule has 1 fully saturated rings. The fourth-order valence-corrected chi connectivity index (χ4v) is 4.26. The largest absolute Gasteiger partial charge is 0.359 e.